The first-order valence-electron chi connectivity index (χ1n) is 4.40. The van der Waals surface area contributed by atoms with Gasteiger partial charge in [0.2, 0.25) is 5.91 Å². The van der Waals surface area contributed by atoms with Gasteiger partial charge < -0.3 is 4.90 Å². The molecule has 2 nitrogen and oxygen atoms in total. The fourth-order valence-corrected chi connectivity index (χ4v) is 1.97. The molecule has 1 saturated heterocycles. The third-order valence-electron chi connectivity index (χ3n) is 2.24. The minimum absolute atomic E-state index is 0.0572. The van der Waals surface area contributed by atoms with Crippen molar-refractivity contribution in [2.45, 2.75) is 16.7 Å². The zero-order chi connectivity index (χ0) is 10.1. The highest BCUT2D eigenvalue weighted by Crippen LogP contribution is 2.24. The predicted octanol–water partition coefficient (Wildman–Crippen LogP) is 2.32. The summed E-state index contributed by atoms with van der Waals surface area (Å²) >= 11 is 10.1. The van der Waals surface area contributed by atoms with Gasteiger partial charge in [0.1, 0.15) is 0 Å². The average molecular weight is 228 g/mol. The summed E-state index contributed by atoms with van der Waals surface area (Å²) in [6.07, 6.45) is 0.435. The fraction of sp³-hybridized carbons (Fsp3) is 0.300. The maximum Gasteiger partial charge on any atom is 0.228 e. The zero-order valence-electron chi connectivity index (χ0n) is 7.48. The summed E-state index contributed by atoms with van der Waals surface area (Å²) in [6.45, 7) is 0.603. The SMILES string of the molecule is O=C1CC(Cl)CN1c1ccc(S)cc1. The van der Waals surface area contributed by atoms with Crippen LogP contribution in [-0.2, 0) is 4.79 Å². The van der Waals surface area contributed by atoms with Crippen molar-refractivity contribution >= 4 is 35.8 Å². The Balaban J connectivity index is 2.23. The minimum Gasteiger partial charge on any atom is -0.311 e. The molecule has 1 fully saturated rings. The number of halogens is 1. The van der Waals surface area contributed by atoms with E-state index in [2.05, 4.69) is 12.6 Å². The van der Waals surface area contributed by atoms with Crippen molar-refractivity contribution in [3.8, 4) is 0 Å². The maximum absolute atomic E-state index is 11.5. The molecular weight excluding hydrogens is 218 g/mol. The normalized spacial score (nSPS) is 21.7. The summed E-state index contributed by atoms with van der Waals surface area (Å²) in [7, 11) is 0. The van der Waals surface area contributed by atoms with Crippen LogP contribution in [-0.4, -0.2) is 17.8 Å². The molecule has 14 heavy (non-hydrogen) atoms. The van der Waals surface area contributed by atoms with E-state index in [-0.39, 0.29) is 11.3 Å². The molecule has 0 N–H and O–H groups in total. The molecule has 1 atom stereocenters. The summed E-state index contributed by atoms with van der Waals surface area (Å²) < 4.78 is 0. The molecule has 1 aliphatic rings. The highest BCUT2D eigenvalue weighted by Gasteiger charge is 2.28. The molecule has 0 aromatic heterocycles. The number of carbonyl (C=O) groups is 1. The number of rotatable bonds is 1. The Morgan fingerprint density at radius 3 is 2.50 bits per heavy atom. The van der Waals surface area contributed by atoms with Gasteiger partial charge in [0.05, 0.1) is 5.38 Å². The molecule has 0 radical (unpaired) electrons. The van der Waals surface area contributed by atoms with Gasteiger partial charge in [-0.15, -0.1) is 24.2 Å². The number of anilines is 1. The topological polar surface area (TPSA) is 20.3 Å². The second kappa shape index (κ2) is 3.83. The third-order valence-corrected chi connectivity index (χ3v) is 2.83. The molecule has 0 saturated carbocycles. The Morgan fingerprint density at radius 1 is 1.36 bits per heavy atom. The van der Waals surface area contributed by atoms with Crippen LogP contribution in [0.15, 0.2) is 29.2 Å². The molecule has 1 aromatic rings. The van der Waals surface area contributed by atoms with E-state index < -0.39 is 0 Å². The number of alkyl halides is 1. The quantitative estimate of drug-likeness (QED) is 0.577. The van der Waals surface area contributed by atoms with Crippen molar-refractivity contribution in [2.24, 2.45) is 0 Å². The number of benzene rings is 1. The van der Waals surface area contributed by atoms with Gasteiger partial charge >= 0.3 is 0 Å². The highest BCUT2D eigenvalue weighted by molar-refractivity contribution is 7.80. The minimum atomic E-state index is -0.0572. The van der Waals surface area contributed by atoms with Gasteiger partial charge in [0, 0.05) is 23.5 Å². The van der Waals surface area contributed by atoms with Crippen molar-refractivity contribution in [2.75, 3.05) is 11.4 Å². The van der Waals surface area contributed by atoms with Crippen LogP contribution < -0.4 is 4.90 Å². The summed E-state index contributed by atoms with van der Waals surface area (Å²) in [5.74, 6) is 0.0944. The second-order valence-electron chi connectivity index (χ2n) is 3.32. The summed E-state index contributed by atoms with van der Waals surface area (Å²) in [4.78, 5) is 14.1. The van der Waals surface area contributed by atoms with Crippen molar-refractivity contribution in [3.05, 3.63) is 24.3 Å². The number of nitrogens with zero attached hydrogens (tertiary/aromatic N) is 1. The van der Waals surface area contributed by atoms with Crippen molar-refractivity contribution in [3.63, 3.8) is 0 Å². The highest BCUT2D eigenvalue weighted by atomic mass is 35.5. The lowest BCUT2D eigenvalue weighted by Gasteiger charge is -2.15. The molecule has 1 heterocycles. The van der Waals surface area contributed by atoms with Gasteiger partial charge in [0.25, 0.3) is 0 Å². The zero-order valence-corrected chi connectivity index (χ0v) is 9.13. The first-order chi connectivity index (χ1) is 6.66. The monoisotopic (exact) mass is 227 g/mol. The number of amides is 1. The lowest BCUT2D eigenvalue weighted by molar-refractivity contribution is -0.117. The second-order valence-corrected chi connectivity index (χ2v) is 4.46. The molecular formula is C10H10ClNOS. The Bertz CT molecular complexity index is 352. The van der Waals surface area contributed by atoms with E-state index >= 15 is 0 Å². The number of carbonyl (C=O) groups excluding carboxylic acids is 1. The maximum atomic E-state index is 11.5. The summed E-state index contributed by atoms with van der Waals surface area (Å²) in [6, 6.07) is 7.50. The predicted molar refractivity (Wildman–Crippen MR) is 60.3 cm³/mol. The van der Waals surface area contributed by atoms with Crippen LogP contribution in [0.1, 0.15) is 6.42 Å². The van der Waals surface area contributed by atoms with Gasteiger partial charge in [0.15, 0.2) is 0 Å². The number of hydrogen-bond acceptors (Lipinski definition) is 2. The largest absolute Gasteiger partial charge is 0.311 e. The van der Waals surface area contributed by atoms with E-state index in [9.17, 15) is 4.79 Å². The molecule has 1 aliphatic heterocycles. The van der Waals surface area contributed by atoms with Gasteiger partial charge in [-0.1, -0.05) is 0 Å². The lowest BCUT2D eigenvalue weighted by Crippen LogP contribution is -2.24. The molecule has 2 rings (SSSR count). The van der Waals surface area contributed by atoms with Crippen LogP contribution in [0.5, 0.6) is 0 Å². The molecule has 1 aromatic carbocycles. The number of hydrogen-bond donors (Lipinski definition) is 1. The van der Waals surface area contributed by atoms with Crippen LogP contribution in [0, 0.1) is 0 Å². The Hall–Kier alpha value is -0.670. The smallest absolute Gasteiger partial charge is 0.228 e. The summed E-state index contributed by atoms with van der Waals surface area (Å²) in [5.41, 5.74) is 0.899. The summed E-state index contributed by atoms with van der Waals surface area (Å²) in [5, 5.41) is -0.0572. The van der Waals surface area contributed by atoms with Crippen LogP contribution in [0.2, 0.25) is 0 Å². The molecule has 74 valence electrons. The van der Waals surface area contributed by atoms with E-state index in [1.807, 2.05) is 24.3 Å². The van der Waals surface area contributed by atoms with Crippen LogP contribution >= 0.6 is 24.2 Å². The van der Waals surface area contributed by atoms with E-state index in [0.717, 1.165) is 10.6 Å². The lowest BCUT2D eigenvalue weighted by atomic mass is 10.3. The third kappa shape index (κ3) is 1.88. The average Bonchev–Trinajstić information content (AvgIpc) is 2.47. The van der Waals surface area contributed by atoms with E-state index in [1.165, 1.54) is 0 Å². The van der Waals surface area contributed by atoms with Gasteiger partial charge in [-0.3, -0.25) is 4.79 Å². The standard InChI is InChI=1S/C10H10ClNOS/c11-7-5-10(13)12(6-7)8-1-3-9(14)4-2-8/h1-4,7,14H,5-6H2. The van der Waals surface area contributed by atoms with Gasteiger partial charge in [-0.05, 0) is 24.3 Å². The van der Waals surface area contributed by atoms with Crippen molar-refractivity contribution < 1.29 is 4.79 Å². The molecule has 0 bridgehead atoms. The first kappa shape index (κ1) is 9.87. The van der Waals surface area contributed by atoms with Gasteiger partial charge in [-0.2, -0.15) is 0 Å². The van der Waals surface area contributed by atoms with Crippen LogP contribution in [0.4, 0.5) is 5.69 Å². The van der Waals surface area contributed by atoms with Crippen molar-refractivity contribution in [1.29, 1.82) is 0 Å². The molecule has 0 spiro atoms. The van der Waals surface area contributed by atoms with E-state index in [1.54, 1.807) is 4.90 Å². The fourth-order valence-electron chi connectivity index (χ4n) is 1.55. The van der Waals surface area contributed by atoms with E-state index in [0.29, 0.717) is 13.0 Å². The number of thiol groups is 1. The van der Waals surface area contributed by atoms with Crippen LogP contribution in [0.25, 0.3) is 0 Å². The Morgan fingerprint density at radius 2 is 2.00 bits per heavy atom. The molecule has 1 amide bonds. The van der Waals surface area contributed by atoms with E-state index in [4.69, 9.17) is 11.6 Å². The first-order valence-corrected chi connectivity index (χ1v) is 5.28. The molecule has 4 heteroatoms. The van der Waals surface area contributed by atoms with Crippen LogP contribution in [0.3, 0.4) is 0 Å². The van der Waals surface area contributed by atoms with Crippen molar-refractivity contribution in [1.82, 2.24) is 0 Å². The molecule has 0 aliphatic carbocycles. The van der Waals surface area contributed by atoms with Gasteiger partial charge in [-0.25, -0.2) is 0 Å². The molecule has 1 unspecified atom stereocenters. The Kier molecular flexibility index (Phi) is 2.70. The Labute approximate surface area is 93.3 Å².